The van der Waals surface area contributed by atoms with Gasteiger partial charge in [-0.3, -0.25) is 14.3 Å². The van der Waals surface area contributed by atoms with Gasteiger partial charge in [0.05, 0.1) is 0 Å². The van der Waals surface area contributed by atoms with E-state index in [0.717, 1.165) is 24.2 Å². The highest BCUT2D eigenvalue weighted by Gasteiger charge is 2.21. The minimum atomic E-state index is -0.290. The van der Waals surface area contributed by atoms with Crippen LogP contribution in [0, 0.1) is 0 Å². The molecule has 1 aromatic carbocycles. The number of hydrogen-bond acceptors (Lipinski definition) is 3. The van der Waals surface area contributed by atoms with Gasteiger partial charge in [0.1, 0.15) is 6.04 Å². The lowest BCUT2D eigenvalue weighted by Crippen LogP contribution is -2.32. The van der Waals surface area contributed by atoms with Gasteiger partial charge in [-0.05, 0) is 36.6 Å². The van der Waals surface area contributed by atoms with Crippen LogP contribution >= 0.6 is 0 Å². The summed E-state index contributed by atoms with van der Waals surface area (Å²) in [6.45, 7) is 3.22. The fourth-order valence-corrected chi connectivity index (χ4v) is 2.98. The first kappa shape index (κ1) is 16.2. The third kappa shape index (κ3) is 3.48. The molecule has 0 aliphatic carbocycles. The van der Waals surface area contributed by atoms with E-state index in [2.05, 4.69) is 10.4 Å². The molecule has 1 aromatic heterocycles. The minimum Gasteiger partial charge on any atom is -0.350 e. The Labute approximate surface area is 141 Å². The van der Waals surface area contributed by atoms with E-state index in [9.17, 15) is 9.59 Å². The third-order valence-corrected chi connectivity index (χ3v) is 4.32. The maximum Gasteiger partial charge on any atom is 0.245 e. The summed E-state index contributed by atoms with van der Waals surface area (Å²) in [5.74, 6) is 0.140. The van der Waals surface area contributed by atoms with E-state index < -0.39 is 0 Å². The van der Waals surface area contributed by atoms with Crippen LogP contribution in [0.3, 0.4) is 0 Å². The van der Waals surface area contributed by atoms with Crippen molar-refractivity contribution in [1.82, 2.24) is 15.1 Å². The quantitative estimate of drug-likeness (QED) is 0.885. The van der Waals surface area contributed by atoms with Crippen LogP contribution in [0.25, 0.3) is 0 Å². The number of anilines is 1. The van der Waals surface area contributed by atoms with Crippen LogP contribution in [-0.4, -0.2) is 28.1 Å². The number of hydrogen-bond donors (Lipinski definition) is 1. The lowest BCUT2D eigenvalue weighted by atomic mass is 10.1. The first-order valence-corrected chi connectivity index (χ1v) is 8.35. The normalized spacial score (nSPS) is 15.5. The molecular weight excluding hydrogens is 304 g/mol. The van der Waals surface area contributed by atoms with Gasteiger partial charge in [-0.1, -0.05) is 19.1 Å². The molecule has 1 fully saturated rings. The topological polar surface area (TPSA) is 67.2 Å². The smallest absolute Gasteiger partial charge is 0.245 e. The number of aromatic nitrogens is 2. The highest BCUT2D eigenvalue weighted by Crippen LogP contribution is 2.21. The van der Waals surface area contributed by atoms with Crippen LogP contribution in [0.4, 0.5) is 5.69 Å². The van der Waals surface area contributed by atoms with Gasteiger partial charge < -0.3 is 10.2 Å². The molecular formula is C18H22N4O2. The molecule has 6 nitrogen and oxygen atoms in total. The Kier molecular flexibility index (Phi) is 4.93. The maximum atomic E-state index is 12.3. The van der Waals surface area contributed by atoms with Gasteiger partial charge >= 0.3 is 0 Å². The molecule has 24 heavy (non-hydrogen) atoms. The first-order valence-electron chi connectivity index (χ1n) is 8.35. The van der Waals surface area contributed by atoms with Gasteiger partial charge in [0.25, 0.3) is 0 Å². The van der Waals surface area contributed by atoms with Crippen molar-refractivity contribution < 1.29 is 9.59 Å². The summed E-state index contributed by atoms with van der Waals surface area (Å²) in [5, 5.41) is 7.10. The lowest BCUT2D eigenvalue weighted by Gasteiger charge is -2.17. The van der Waals surface area contributed by atoms with E-state index in [1.54, 1.807) is 17.1 Å². The van der Waals surface area contributed by atoms with Crippen molar-refractivity contribution in [1.29, 1.82) is 0 Å². The van der Waals surface area contributed by atoms with Crippen molar-refractivity contribution in [3.8, 4) is 0 Å². The number of carbonyl (C=O) groups is 2. The van der Waals surface area contributed by atoms with Crippen LogP contribution in [-0.2, 0) is 16.1 Å². The van der Waals surface area contributed by atoms with Crippen molar-refractivity contribution in [2.24, 2.45) is 0 Å². The van der Waals surface area contributed by atoms with Crippen molar-refractivity contribution in [2.45, 2.75) is 38.8 Å². The lowest BCUT2D eigenvalue weighted by molar-refractivity contribution is -0.124. The van der Waals surface area contributed by atoms with Crippen molar-refractivity contribution >= 4 is 17.5 Å². The molecule has 2 amide bonds. The van der Waals surface area contributed by atoms with Gasteiger partial charge in [-0.15, -0.1) is 0 Å². The summed E-state index contributed by atoms with van der Waals surface area (Å²) in [5.41, 5.74) is 1.93. The summed E-state index contributed by atoms with van der Waals surface area (Å²) in [6.07, 6.45) is 5.71. The Morgan fingerprint density at radius 2 is 2.12 bits per heavy atom. The monoisotopic (exact) mass is 326 g/mol. The molecule has 0 saturated carbocycles. The molecule has 0 bridgehead atoms. The van der Waals surface area contributed by atoms with Crippen LogP contribution in [0.5, 0.6) is 0 Å². The highest BCUT2D eigenvalue weighted by atomic mass is 16.2. The number of rotatable bonds is 6. The molecule has 1 N–H and O–H groups in total. The molecule has 3 rings (SSSR count). The number of nitrogens with zero attached hydrogens (tertiary/aromatic N) is 3. The Hall–Kier alpha value is -2.63. The third-order valence-electron chi connectivity index (χ3n) is 4.32. The van der Waals surface area contributed by atoms with Gasteiger partial charge in [-0.25, -0.2) is 0 Å². The van der Waals surface area contributed by atoms with E-state index in [1.807, 2.05) is 42.2 Å². The van der Waals surface area contributed by atoms with Crippen LogP contribution in [0.1, 0.15) is 37.8 Å². The summed E-state index contributed by atoms with van der Waals surface area (Å²) in [7, 11) is 0. The molecule has 0 radical (unpaired) electrons. The van der Waals surface area contributed by atoms with E-state index in [0.29, 0.717) is 19.4 Å². The predicted molar refractivity (Wildman–Crippen MR) is 91.4 cm³/mol. The van der Waals surface area contributed by atoms with Crippen molar-refractivity contribution in [2.75, 3.05) is 11.4 Å². The molecule has 126 valence electrons. The standard InChI is InChI=1S/C18H22N4O2/c1-2-16(22-12-4-10-20-22)18(24)19-13-14-6-8-15(9-7-14)21-11-3-5-17(21)23/h4,6-10,12,16H,2-3,5,11,13H2,1H3,(H,19,24)/t16-/m0/s1. The van der Waals surface area contributed by atoms with Gasteiger partial charge in [0.2, 0.25) is 11.8 Å². The molecule has 1 aliphatic heterocycles. The van der Waals surface area contributed by atoms with Gasteiger partial charge in [-0.2, -0.15) is 5.10 Å². The Morgan fingerprint density at radius 1 is 1.33 bits per heavy atom. The van der Waals surface area contributed by atoms with Crippen molar-refractivity contribution in [3.63, 3.8) is 0 Å². The molecule has 1 atom stereocenters. The van der Waals surface area contributed by atoms with Gasteiger partial charge in [0.15, 0.2) is 0 Å². The molecule has 0 unspecified atom stereocenters. The SMILES string of the molecule is CC[C@@H](C(=O)NCc1ccc(N2CCCC2=O)cc1)n1cccn1. The number of benzene rings is 1. The zero-order valence-corrected chi connectivity index (χ0v) is 13.8. The van der Waals surface area contributed by atoms with Crippen LogP contribution in [0.2, 0.25) is 0 Å². The molecule has 6 heteroatoms. The fraction of sp³-hybridized carbons (Fsp3) is 0.389. The average Bonchev–Trinajstić information content (AvgIpc) is 3.26. The molecule has 2 aromatic rings. The number of amides is 2. The van der Waals surface area contributed by atoms with E-state index in [1.165, 1.54) is 0 Å². The predicted octanol–water partition coefficient (Wildman–Crippen LogP) is 2.28. The van der Waals surface area contributed by atoms with E-state index >= 15 is 0 Å². The van der Waals surface area contributed by atoms with E-state index in [-0.39, 0.29) is 17.9 Å². The molecule has 0 spiro atoms. The van der Waals surface area contributed by atoms with Crippen LogP contribution in [0.15, 0.2) is 42.7 Å². The number of nitrogens with one attached hydrogen (secondary N) is 1. The second kappa shape index (κ2) is 7.29. The maximum absolute atomic E-state index is 12.3. The largest absolute Gasteiger partial charge is 0.350 e. The average molecular weight is 326 g/mol. The zero-order valence-electron chi connectivity index (χ0n) is 13.8. The molecule has 2 heterocycles. The van der Waals surface area contributed by atoms with Crippen molar-refractivity contribution in [3.05, 3.63) is 48.3 Å². The summed E-state index contributed by atoms with van der Waals surface area (Å²) >= 11 is 0. The first-order chi connectivity index (χ1) is 11.7. The van der Waals surface area contributed by atoms with Crippen LogP contribution < -0.4 is 10.2 Å². The summed E-state index contributed by atoms with van der Waals surface area (Å²) in [6, 6.07) is 9.31. The molecule has 1 saturated heterocycles. The fourth-order valence-electron chi connectivity index (χ4n) is 2.98. The summed E-state index contributed by atoms with van der Waals surface area (Å²) in [4.78, 5) is 25.9. The van der Waals surface area contributed by atoms with Gasteiger partial charge in [0, 0.05) is 37.6 Å². The number of carbonyl (C=O) groups excluding carboxylic acids is 2. The molecule has 1 aliphatic rings. The summed E-state index contributed by atoms with van der Waals surface area (Å²) < 4.78 is 1.68. The Balaban J connectivity index is 1.58. The van der Waals surface area contributed by atoms with E-state index in [4.69, 9.17) is 0 Å². The minimum absolute atomic E-state index is 0.0417. The Morgan fingerprint density at radius 3 is 2.71 bits per heavy atom. The zero-order chi connectivity index (χ0) is 16.9. The Bertz CT molecular complexity index is 694. The second-order valence-corrected chi connectivity index (χ2v) is 5.94. The highest BCUT2D eigenvalue weighted by molar-refractivity contribution is 5.95. The second-order valence-electron chi connectivity index (χ2n) is 5.94.